The Labute approximate surface area is 194 Å². The van der Waals surface area contributed by atoms with Crippen LogP contribution >= 0.6 is 11.8 Å². The molecule has 0 heterocycles. The van der Waals surface area contributed by atoms with E-state index >= 15 is 0 Å². The summed E-state index contributed by atoms with van der Waals surface area (Å²) < 4.78 is 0. The Kier molecular flexibility index (Phi) is 6.71. The molecule has 0 saturated carbocycles. The van der Waals surface area contributed by atoms with Crippen LogP contribution in [0, 0.1) is 0 Å². The molecular weight excluding hydrogens is 436 g/mol. The number of amides is 2. The van der Waals surface area contributed by atoms with Gasteiger partial charge in [-0.1, -0.05) is 42.5 Å². The molecule has 33 heavy (non-hydrogen) atoms. The number of carboxylic acid groups (broad SMARTS) is 1. The maximum absolute atomic E-state index is 12.5. The van der Waals surface area contributed by atoms with Crippen LogP contribution < -0.4 is 10.6 Å². The van der Waals surface area contributed by atoms with Gasteiger partial charge in [-0.05, 0) is 59.3 Å². The molecule has 2 amide bonds. The van der Waals surface area contributed by atoms with Crippen LogP contribution in [-0.4, -0.2) is 28.6 Å². The molecule has 4 aromatic rings. The molecule has 3 N–H and O–H groups in total. The van der Waals surface area contributed by atoms with Gasteiger partial charge in [-0.25, -0.2) is 4.79 Å². The highest BCUT2D eigenvalue weighted by Crippen LogP contribution is 2.23. The van der Waals surface area contributed by atoms with Crippen molar-refractivity contribution in [3.05, 3.63) is 102 Å². The molecule has 4 rings (SSSR count). The molecule has 0 saturated heterocycles. The minimum absolute atomic E-state index is 0.0559. The number of nitrogens with one attached hydrogen (secondary N) is 2. The summed E-state index contributed by atoms with van der Waals surface area (Å²) in [5.74, 6) is -1.53. The topological polar surface area (TPSA) is 95.5 Å². The molecule has 0 radical (unpaired) electrons. The van der Waals surface area contributed by atoms with Gasteiger partial charge in [0.05, 0.1) is 16.9 Å². The molecule has 0 atom stereocenters. The van der Waals surface area contributed by atoms with E-state index in [0.717, 1.165) is 21.4 Å². The number of benzene rings is 4. The van der Waals surface area contributed by atoms with Crippen molar-refractivity contribution >= 4 is 51.7 Å². The van der Waals surface area contributed by atoms with Crippen molar-refractivity contribution in [1.82, 2.24) is 0 Å². The first-order valence-corrected chi connectivity index (χ1v) is 11.1. The van der Waals surface area contributed by atoms with Gasteiger partial charge in [-0.2, -0.15) is 0 Å². The summed E-state index contributed by atoms with van der Waals surface area (Å²) in [6.45, 7) is 0. The Hall–Kier alpha value is -4.10. The first-order valence-electron chi connectivity index (χ1n) is 10.1. The molecule has 7 heteroatoms. The van der Waals surface area contributed by atoms with Crippen LogP contribution in [0.25, 0.3) is 10.8 Å². The fourth-order valence-corrected chi connectivity index (χ4v) is 4.01. The molecule has 0 bridgehead atoms. The zero-order valence-corrected chi connectivity index (χ0v) is 18.3. The smallest absolute Gasteiger partial charge is 0.336 e. The molecule has 0 unspecified atom stereocenters. The van der Waals surface area contributed by atoms with Crippen LogP contribution in [0.4, 0.5) is 11.4 Å². The summed E-state index contributed by atoms with van der Waals surface area (Å²) in [6, 6.07) is 26.8. The third kappa shape index (κ3) is 5.58. The van der Waals surface area contributed by atoms with E-state index in [-0.39, 0.29) is 22.8 Å². The molecule has 0 fully saturated rings. The number of aromatic carboxylic acids is 1. The van der Waals surface area contributed by atoms with Crippen molar-refractivity contribution < 1.29 is 19.5 Å². The minimum atomic E-state index is -1.16. The predicted octanol–water partition coefficient (Wildman–Crippen LogP) is 5.52. The lowest BCUT2D eigenvalue weighted by molar-refractivity contribution is -0.113. The van der Waals surface area contributed by atoms with Gasteiger partial charge in [0.25, 0.3) is 5.91 Å². The van der Waals surface area contributed by atoms with Crippen molar-refractivity contribution in [1.29, 1.82) is 0 Å². The summed E-state index contributed by atoms with van der Waals surface area (Å²) >= 11 is 1.38. The number of carbonyl (C=O) groups excluding carboxylic acids is 2. The predicted molar refractivity (Wildman–Crippen MR) is 131 cm³/mol. The fourth-order valence-electron chi connectivity index (χ4n) is 3.31. The highest BCUT2D eigenvalue weighted by molar-refractivity contribution is 8.00. The largest absolute Gasteiger partial charge is 0.478 e. The van der Waals surface area contributed by atoms with Crippen molar-refractivity contribution in [2.24, 2.45) is 0 Å². The molecule has 0 aliphatic carbocycles. The third-order valence-corrected chi connectivity index (χ3v) is 5.93. The lowest BCUT2D eigenvalue weighted by Gasteiger charge is -2.09. The van der Waals surface area contributed by atoms with Crippen molar-refractivity contribution in [3.8, 4) is 0 Å². The molecule has 0 aromatic heterocycles. The number of thioether (sulfide) groups is 1. The van der Waals surface area contributed by atoms with E-state index in [1.165, 1.54) is 23.9 Å². The number of rotatable bonds is 7. The van der Waals surface area contributed by atoms with E-state index in [0.29, 0.717) is 5.69 Å². The van der Waals surface area contributed by atoms with Gasteiger partial charge in [0.2, 0.25) is 5.91 Å². The zero-order valence-electron chi connectivity index (χ0n) is 17.4. The first-order chi connectivity index (χ1) is 16.0. The van der Waals surface area contributed by atoms with Crippen molar-refractivity contribution in [2.45, 2.75) is 4.90 Å². The number of fused-ring (bicyclic) bond motifs is 1. The van der Waals surface area contributed by atoms with Gasteiger partial charge in [0, 0.05) is 16.3 Å². The SMILES string of the molecule is O=C(CSc1ccc(NC(=O)c2ccccc2C(=O)O)cc1)Nc1ccc2ccccc2c1. The summed E-state index contributed by atoms with van der Waals surface area (Å²) in [5.41, 5.74) is 1.32. The molecular formula is C26H20N2O4S. The molecule has 6 nitrogen and oxygen atoms in total. The van der Waals surface area contributed by atoms with Gasteiger partial charge < -0.3 is 15.7 Å². The highest BCUT2D eigenvalue weighted by atomic mass is 32.2. The molecule has 4 aromatic carbocycles. The van der Waals surface area contributed by atoms with Gasteiger partial charge in [-0.15, -0.1) is 11.8 Å². The first kappa shape index (κ1) is 22.1. The molecule has 0 spiro atoms. The summed E-state index contributed by atoms with van der Waals surface area (Å²) in [7, 11) is 0. The van der Waals surface area contributed by atoms with E-state index in [2.05, 4.69) is 10.6 Å². The fraction of sp³-hybridized carbons (Fsp3) is 0.0385. The van der Waals surface area contributed by atoms with E-state index in [1.54, 1.807) is 36.4 Å². The summed E-state index contributed by atoms with van der Waals surface area (Å²) in [6.07, 6.45) is 0. The standard InChI is InChI=1S/C26H20N2O4S/c29-24(27-20-10-9-17-5-1-2-6-18(17)15-20)16-33-21-13-11-19(12-14-21)28-25(30)22-7-3-4-8-23(22)26(31)32/h1-15H,16H2,(H,27,29)(H,28,30)(H,31,32). The quantitative estimate of drug-likeness (QED) is 0.318. The second kappa shape index (κ2) is 10.0. The van der Waals surface area contributed by atoms with Gasteiger partial charge in [-0.3, -0.25) is 9.59 Å². The van der Waals surface area contributed by atoms with Crippen LogP contribution in [0.5, 0.6) is 0 Å². The van der Waals surface area contributed by atoms with Crippen molar-refractivity contribution in [3.63, 3.8) is 0 Å². The average Bonchev–Trinajstić information content (AvgIpc) is 2.83. The van der Waals surface area contributed by atoms with E-state index in [4.69, 9.17) is 0 Å². The maximum atomic E-state index is 12.5. The molecule has 164 valence electrons. The second-order valence-electron chi connectivity index (χ2n) is 7.23. The normalized spacial score (nSPS) is 10.5. The lowest BCUT2D eigenvalue weighted by atomic mass is 10.1. The average molecular weight is 457 g/mol. The van der Waals surface area contributed by atoms with E-state index < -0.39 is 11.9 Å². The summed E-state index contributed by atoms with van der Waals surface area (Å²) in [4.78, 5) is 37.0. The monoisotopic (exact) mass is 456 g/mol. The Morgan fingerprint density at radius 3 is 2.06 bits per heavy atom. The number of hydrogen-bond donors (Lipinski definition) is 3. The van der Waals surface area contributed by atoms with Crippen molar-refractivity contribution in [2.75, 3.05) is 16.4 Å². The van der Waals surface area contributed by atoms with E-state index in [9.17, 15) is 19.5 Å². The summed E-state index contributed by atoms with van der Waals surface area (Å²) in [5, 5.41) is 17.0. The van der Waals surface area contributed by atoms with E-state index in [1.807, 2.05) is 42.5 Å². The van der Waals surface area contributed by atoms with Gasteiger partial charge >= 0.3 is 5.97 Å². The van der Waals surface area contributed by atoms with Gasteiger partial charge in [0.15, 0.2) is 0 Å². The third-order valence-electron chi connectivity index (χ3n) is 4.92. The number of carbonyl (C=O) groups is 3. The minimum Gasteiger partial charge on any atom is -0.478 e. The number of carboxylic acids is 1. The van der Waals surface area contributed by atoms with Crippen LogP contribution in [0.15, 0.2) is 95.9 Å². The lowest BCUT2D eigenvalue weighted by Crippen LogP contribution is -2.16. The molecule has 0 aliphatic rings. The Bertz CT molecular complexity index is 1340. The Morgan fingerprint density at radius 1 is 0.697 bits per heavy atom. The zero-order chi connectivity index (χ0) is 23.2. The van der Waals surface area contributed by atoms with Crippen LogP contribution in [0.2, 0.25) is 0 Å². The Morgan fingerprint density at radius 2 is 1.33 bits per heavy atom. The highest BCUT2D eigenvalue weighted by Gasteiger charge is 2.15. The van der Waals surface area contributed by atoms with Crippen LogP contribution in [0.1, 0.15) is 20.7 Å². The van der Waals surface area contributed by atoms with Gasteiger partial charge in [0.1, 0.15) is 0 Å². The number of anilines is 2. The van der Waals surface area contributed by atoms with Crippen LogP contribution in [-0.2, 0) is 4.79 Å². The van der Waals surface area contributed by atoms with Crippen LogP contribution in [0.3, 0.4) is 0 Å². The maximum Gasteiger partial charge on any atom is 0.336 e. The second-order valence-corrected chi connectivity index (χ2v) is 8.28. The number of hydrogen-bond acceptors (Lipinski definition) is 4. The Balaban J connectivity index is 1.32. The molecule has 0 aliphatic heterocycles.